The average Bonchev–Trinajstić information content (AvgIpc) is 3.08. The van der Waals surface area contributed by atoms with Crippen molar-refractivity contribution in [2.45, 2.75) is 25.4 Å². The third-order valence-corrected chi connectivity index (χ3v) is 3.75. The van der Waals surface area contributed by atoms with Gasteiger partial charge in [0.15, 0.2) is 0 Å². The van der Waals surface area contributed by atoms with Gasteiger partial charge in [-0.1, -0.05) is 11.8 Å². The van der Waals surface area contributed by atoms with Gasteiger partial charge in [-0.3, -0.25) is 4.90 Å². The summed E-state index contributed by atoms with van der Waals surface area (Å²) in [6.07, 6.45) is 2.48. The van der Waals surface area contributed by atoms with Gasteiger partial charge in [0, 0.05) is 29.6 Å². The largest absolute Gasteiger partial charge is 0.395 e. The molecule has 17 heavy (non-hydrogen) atoms. The fraction of sp³-hybridized carbons (Fsp3) is 0.538. The SMILES string of the molecule is OCC#Cc1ccsc1CN(CCO)C1CC1. The first-order chi connectivity index (χ1) is 8.35. The summed E-state index contributed by atoms with van der Waals surface area (Å²) in [5.41, 5.74) is 1.01. The van der Waals surface area contributed by atoms with Crippen molar-refractivity contribution in [1.29, 1.82) is 0 Å². The Kier molecular flexibility index (Phi) is 4.57. The number of hydrogen-bond acceptors (Lipinski definition) is 4. The molecule has 1 aromatic rings. The number of hydrogen-bond donors (Lipinski definition) is 2. The lowest BCUT2D eigenvalue weighted by Crippen LogP contribution is -2.28. The molecule has 3 nitrogen and oxygen atoms in total. The number of thiophene rings is 1. The predicted octanol–water partition coefficient (Wildman–Crippen LogP) is 1.05. The fourth-order valence-corrected chi connectivity index (χ4v) is 2.71. The van der Waals surface area contributed by atoms with E-state index >= 15 is 0 Å². The van der Waals surface area contributed by atoms with E-state index in [1.165, 1.54) is 17.7 Å². The fourth-order valence-electron chi connectivity index (χ4n) is 1.85. The zero-order chi connectivity index (χ0) is 12.1. The Hall–Kier alpha value is -0.860. The van der Waals surface area contributed by atoms with E-state index in [1.54, 1.807) is 11.3 Å². The molecule has 0 saturated heterocycles. The molecule has 0 radical (unpaired) electrons. The molecular formula is C13H17NO2S. The Bertz CT molecular complexity index is 415. The quantitative estimate of drug-likeness (QED) is 0.769. The molecule has 2 N–H and O–H groups in total. The van der Waals surface area contributed by atoms with Gasteiger partial charge in [0.25, 0.3) is 0 Å². The third-order valence-electron chi connectivity index (χ3n) is 2.84. The van der Waals surface area contributed by atoms with E-state index in [2.05, 4.69) is 16.7 Å². The summed E-state index contributed by atoms with van der Waals surface area (Å²) in [4.78, 5) is 3.54. The van der Waals surface area contributed by atoms with Gasteiger partial charge in [0.2, 0.25) is 0 Å². The summed E-state index contributed by atoms with van der Waals surface area (Å²) < 4.78 is 0. The van der Waals surface area contributed by atoms with Gasteiger partial charge >= 0.3 is 0 Å². The third kappa shape index (κ3) is 3.55. The number of aliphatic hydroxyl groups excluding tert-OH is 2. The minimum atomic E-state index is -0.0989. The van der Waals surface area contributed by atoms with Crippen molar-refractivity contribution in [3.63, 3.8) is 0 Å². The highest BCUT2D eigenvalue weighted by atomic mass is 32.1. The molecule has 0 aliphatic heterocycles. The molecule has 0 aromatic carbocycles. The summed E-state index contributed by atoms with van der Waals surface area (Å²) in [7, 11) is 0. The first-order valence-electron chi connectivity index (χ1n) is 5.86. The molecule has 1 heterocycles. The van der Waals surface area contributed by atoms with E-state index in [1.807, 2.05) is 11.4 Å². The molecule has 92 valence electrons. The molecule has 1 aromatic heterocycles. The molecule has 1 aliphatic carbocycles. The van der Waals surface area contributed by atoms with Crippen LogP contribution in [0.3, 0.4) is 0 Å². The van der Waals surface area contributed by atoms with Crippen molar-refractivity contribution in [2.24, 2.45) is 0 Å². The molecule has 1 aliphatic rings. The minimum absolute atomic E-state index is 0.0989. The standard InChI is InChI=1S/C13H17NO2S/c15-7-1-2-11-5-9-17-13(11)10-14(6-8-16)12-3-4-12/h5,9,12,15-16H,3-4,6-8,10H2. The topological polar surface area (TPSA) is 43.7 Å². The maximum atomic E-state index is 9.05. The summed E-state index contributed by atoms with van der Waals surface area (Å²) in [5, 5.41) is 19.8. The van der Waals surface area contributed by atoms with Crippen molar-refractivity contribution < 1.29 is 10.2 Å². The highest BCUT2D eigenvalue weighted by Crippen LogP contribution is 2.29. The predicted molar refractivity (Wildman–Crippen MR) is 68.8 cm³/mol. The first-order valence-corrected chi connectivity index (χ1v) is 6.74. The highest BCUT2D eigenvalue weighted by Gasteiger charge is 2.28. The summed E-state index contributed by atoms with van der Waals surface area (Å²) in [6, 6.07) is 2.63. The second kappa shape index (κ2) is 6.18. The van der Waals surface area contributed by atoms with Crippen LogP contribution in [0.5, 0.6) is 0 Å². The van der Waals surface area contributed by atoms with Crippen LogP contribution in [0, 0.1) is 11.8 Å². The Labute approximate surface area is 106 Å². The number of aliphatic hydroxyl groups is 2. The summed E-state index contributed by atoms with van der Waals surface area (Å²) in [6.45, 7) is 1.70. The van der Waals surface area contributed by atoms with Gasteiger partial charge in [-0.15, -0.1) is 11.3 Å². The second-order valence-corrected chi connectivity index (χ2v) is 5.14. The molecule has 0 spiro atoms. The zero-order valence-corrected chi connectivity index (χ0v) is 10.5. The van der Waals surface area contributed by atoms with Crippen molar-refractivity contribution in [2.75, 3.05) is 19.8 Å². The summed E-state index contributed by atoms with van der Waals surface area (Å²) >= 11 is 1.69. The van der Waals surface area contributed by atoms with E-state index in [-0.39, 0.29) is 13.2 Å². The molecular weight excluding hydrogens is 234 g/mol. The molecule has 0 atom stereocenters. The van der Waals surface area contributed by atoms with Crippen LogP contribution < -0.4 is 0 Å². The van der Waals surface area contributed by atoms with Crippen LogP contribution in [0.15, 0.2) is 11.4 Å². The van der Waals surface area contributed by atoms with Crippen LogP contribution in [0.25, 0.3) is 0 Å². The van der Waals surface area contributed by atoms with Crippen LogP contribution in [0.2, 0.25) is 0 Å². The van der Waals surface area contributed by atoms with Gasteiger partial charge in [0.05, 0.1) is 6.61 Å². The molecule has 1 saturated carbocycles. The maximum Gasteiger partial charge on any atom is 0.104 e. The van der Waals surface area contributed by atoms with Crippen LogP contribution >= 0.6 is 11.3 Å². The Morgan fingerprint density at radius 2 is 2.24 bits per heavy atom. The van der Waals surface area contributed by atoms with Gasteiger partial charge in [-0.2, -0.15) is 0 Å². The average molecular weight is 251 g/mol. The van der Waals surface area contributed by atoms with Crippen molar-refractivity contribution in [3.05, 3.63) is 21.9 Å². The lowest BCUT2D eigenvalue weighted by molar-refractivity contribution is 0.184. The van der Waals surface area contributed by atoms with Crippen LogP contribution in [-0.2, 0) is 6.54 Å². The number of nitrogens with zero attached hydrogens (tertiary/aromatic N) is 1. The highest BCUT2D eigenvalue weighted by molar-refractivity contribution is 7.10. The van der Waals surface area contributed by atoms with Crippen molar-refractivity contribution in [1.82, 2.24) is 4.90 Å². The van der Waals surface area contributed by atoms with Crippen molar-refractivity contribution >= 4 is 11.3 Å². The first kappa shape index (κ1) is 12.6. The van der Waals surface area contributed by atoms with Crippen LogP contribution in [0.4, 0.5) is 0 Å². The minimum Gasteiger partial charge on any atom is -0.395 e. The Morgan fingerprint density at radius 3 is 2.88 bits per heavy atom. The summed E-state index contributed by atoms with van der Waals surface area (Å²) in [5.74, 6) is 5.66. The van der Waals surface area contributed by atoms with E-state index in [9.17, 15) is 0 Å². The zero-order valence-electron chi connectivity index (χ0n) is 9.72. The number of rotatable bonds is 5. The molecule has 1 fully saturated rings. The monoisotopic (exact) mass is 251 g/mol. The van der Waals surface area contributed by atoms with E-state index in [4.69, 9.17) is 10.2 Å². The molecule has 4 heteroatoms. The van der Waals surface area contributed by atoms with Gasteiger partial charge in [0.1, 0.15) is 6.61 Å². The molecule has 0 unspecified atom stereocenters. The normalized spacial score (nSPS) is 14.8. The lowest BCUT2D eigenvalue weighted by atomic mass is 10.2. The van der Waals surface area contributed by atoms with Crippen LogP contribution in [-0.4, -0.2) is 40.9 Å². The van der Waals surface area contributed by atoms with E-state index < -0.39 is 0 Å². The van der Waals surface area contributed by atoms with E-state index in [0.717, 1.165) is 18.7 Å². The lowest BCUT2D eigenvalue weighted by Gasteiger charge is -2.20. The van der Waals surface area contributed by atoms with Crippen molar-refractivity contribution in [3.8, 4) is 11.8 Å². The molecule has 0 amide bonds. The van der Waals surface area contributed by atoms with Gasteiger partial charge < -0.3 is 10.2 Å². The van der Waals surface area contributed by atoms with Crippen LogP contribution in [0.1, 0.15) is 23.3 Å². The molecule has 2 rings (SSSR count). The second-order valence-electron chi connectivity index (χ2n) is 4.14. The Balaban J connectivity index is 2.03. The van der Waals surface area contributed by atoms with Gasteiger partial charge in [-0.25, -0.2) is 0 Å². The van der Waals surface area contributed by atoms with E-state index in [0.29, 0.717) is 6.04 Å². The maximum absolute atomic E-state index is 9.05. The Morgan fingerprint density at radius 1 is 1.41 bits per heavy atom. The smallest absolute Gasteiger partial charge is 0.104 e. The van der Waals surface area contributed by atoms with Gasteiger partial charge in [-0.05, 0) is 24.3 Å². The molecule has 0 bridgehead atoms.